The minimum atomic E-state index is -0.467. The normalized spacial score (nSPS) is 15.6. The average Bonchev–Trinajstić information content (AvgIpc) is 2.54. The van der Waals surface area contributed by atoms with Gasteiger partial charge >= 0.3 is 6.03 Å². The van der Waals surface area contributed by atoms with Crippen LogP contribution in [0.3, 0.4) is 0 Å². The molecule has 2 N–H and O–H groups in total. The number of amides is 3. The Bertz CT molecular complexity index is 473. The van der Waals surface area contributed by atoms with Crippen LogP contribution in [0.5, 0.6) is 0 Å². The Morgan fingerprint density at radius 1 is 1.19 bits per heavy atom. The minimum Gasteiger partial charge on any atom is -0.341 e. The van der Waals surface area contributed by atoms with Gasteiger partial charge < -0.3 is 10.2 Å². The lowest BCUT2D eigenvalue weighted by molar-refractivity contribution is -0.120. The first kappa shape index (κ1) is 15.2. The lowest BCUT2D eigenvalue weighted by Gasteiger charge is -2.34. The number of urea groups is 1. The van der Waals surface area contributed by atoms with Crippen LogP contribution in [-0.2, 0) is 4.79 Å². The lowest BCUT2D eigenvalue weighted by atomic mass is 10.3. The highest BCUT2D eigenvalue weighted by Crippen LogP contribution is 2.09. The van der Waals surface area contributed by atoms with Crippen molar-refractivity contribution in [3.05, 3.63) is 18.5 Å². The van der Waals surface area contributed by atoms with Gasteiger partial charge in [0, 0.05) is 58.6 Å². The zero-order valence-electron chi connectivity index (χ0n) is 12.1. The van der Waals surface area contributed by atoms with Crippen LogP contribution in [0.1, 0.15) is 6.42 Å². The Hall–Kier alpha value is -2.22. The predicted molar refractivity (Wildman–Crippen MR) is 77.9 cm³/mol. The van der Waals surface area contributed by atoms with Crippen LogP contribution < -0.4 is 15.5 Å². The molecule has 0 aliphatic carbocycles. The van der Waals surface area contributed by atoms with Gasteiger partial charge in [-0.25, -0.2) is 14.8 Å². The van der Waals surface area contributed by atoms with Crippen molar-refractivity contribution in [1.29, 1.82) is 0 Å². The average molecular weight is 292 g/mol. The molecule has 1 fully saturated rings. The fraction of sp³-hybridized carbons (Fsp3) is 0.538. The predicted octanol–water partition coefficient (Wildman–Crippen LogP) is -0.556. The second-order valence-electron chi connectivity index (χ2n) is 4.75. The van der Waals surface area contributed by atoms with Crippen LogP contribution in [0.4, 0.5) is 10.7 Å². The Morgan fingerprint density at radius 3 is 2.48 bits per heavy atom. The van der Waals surface area contributed by atoms with Crippen LogP contribution in [0, 0.1) is 0 Å². The molecule has 114 valence electrons. The smallest absolute Gasteiger partial charge is 0.321 e. The number of nitrogens with one attached hydrogen (secondary N) is 2. The molecule has 1 aliphatic heterocycles. The van der Waals surface area contributed by atoms with Gasteiger partial charge in [-0.05, 0) is 6.07 Å². The highest BCUT2D eigenvalue weighted by atomic mass is 16.2. The summed E-state index contributed by atoms with van der Waals surface area (Å²) in [7, 11) is 1.48. The highest BCUT2D eigenvalue weighted by molar-refractivity contribution is 5.94. The minimum absolute atomic E-state index is 0.261. The van der Waals surface area contributed by atoms with E-state index >= 15 is 0 Å². The number of piperazine rings is 1. The van der Waals surface area contributed by atoms with Crippen molar-refractivity contribution in [1.82, 2.24) is 25.5 Å². The lowest BCUT2D eigenvalue weighted by Crippen LogP contribution is -2.48. The fourth-order valence-corrected chi connectivity index (χ4v) is 2.14. The molecular formula is C13H20N6O2. The zero-order chi connectivity index (χ0) is 15.1. The van der Waals surface area contributed by atoms with Crippen LogP contribution in [-0.4, -0.2) is 66.6 Å². The summed E-state index contributed by atoms with van der Waals surface area (Å²) in [5.41, 5.74) is 0. The molecule has 0 aromatic carbocycles. The van der Waals surface area contributed by atoms with E-state index in [2.05, 4.69) is 30.4 Å². The van der Waals surface area contributed by atoms with Gasteiger partial charge in [-0.15, -0.1) is 0 Å². The standard InChI is InChI=1S/C13H20N6O2/c1-14-13(21)17-11(20)3-6-18-7-9-19(10-8-18)12-15-4-2-5-16-12/h2,4-5H,3,6-10H2,1H3,(H2,14,17,20,21). The third-order valence-electron chi connectivity index (χ3n) is 3.34. The maximum Gasteiger partial charge on any atom is 0.321 e. The molecule has 21 heavy (non-hydrogen) atoms. The van der Waals surface area contributed by atoms with Gasteiger partial charge in [-0.1, -0.05) is 0 Å². The molecule has 3 amide bonds. The molecule has 2 heterocycles. The molecule has 0 saturated carbocycles. The second-order valence-corrected chi connectivity index (χ2v) is 4.75. The molecule has 1 saturated heterocycles. The Balaban J connectivity index is 1.70. The first-order valence-corrected chi connectivity index (χ1v) is 6.95. The molecule has 0 spiro atoms. The van der Waals surface area contributed by atoms with E-state index in [1.54, 1.807) is 18.5 Å². The quantitative estimate of drug-likeness (QED) is 0.773. The Morgan fingerprint density at radius 2 is 1.86 bits per heavy atom. The second kappa shape index (κ2) is 7.53. The van der Waals surface area contributed by atoms with Crippen molar-refractivity contribution in [2.75, 3.05) is 44.7 Å². The first-order chi connectivity index (χ1) is 10.2. The summed E-state index contributed by atoms with van der Waals surface area (Å²) in [6, 6.07) is 1.33. The maximum atomic E-state index is 11.5. The molecule has 1 aromatic heterocycles. The van der Waals surface area contributed by atoms with Crippen LogP contribution >= 0.6 is 0 Å². The van der Waals surface area contributed by atoms with Crippen LogP contribution in [0.2, 0.25) is 0 Å². The third kappa shape index (κ3) is 4.67. The maximum absolute atomic E-state index is 11.5. The number of anilines is 1. The van der Waals surface area contributed by atoms with E-state index in [4.69, 9.17) is 0 Å². The van der Waals surface area contributed by atoms with Crippen molar-refractivity contribution in [3.8, 4) is 0 Å². The van der Waals surface area contributed by atoms with E-state index < -0.39 is 6.03 Å². The monoisotopic (exact) mass is 292 g/mol. The summed E-state index contributed by atoms with van der Waals surface area (Å²) in [6.07, 6.45) is 3.78. The van der Waals surface area contributed by atoms with E-state index in [-0.39, 0.29) is 5.91 Å². The summed E-state index contributed by atoms with van der Waals surface area (Å²) < 4.78 is 0. The third-order valence-corrected chi connectivity index (χ3v) is 3.34. The summed E-state index contributed by atoms with van der Waals surface area (Å²) in [5, 5.41) is 4.61. The molecule has 2 rings (SSSR count). The molecule has 0 unspecified atom stereocenters. The van der Waals surface area contributed by atoms with Gasteiger partial charge in [0.05, 0.1) is 0 Å². The zero-order valence-corrected chi connectivity index (χ0v) is 12.1. The largest absolute Gasteiger partial charge is 0.341 e. The van der Waals surface area contributed by atoms with E-state index in [0.29, 0.717) is 13.0 Å². The molecule has 0 radical (unpaired) electrons. The molecule has 8 nitrogen and oxygen atoms in total. The number of carbonyl (C=O) groups excluding carboxylic acids is 2. The summed E-state index contributed by atoms with van der Waals surface area (Å²) in [6.45, 7) is 4.02. The van der Waals surface area contributed by atoms with Crippen molar-refractivity contribution in [2.45, 2.75) is 6.42 Å². The van der Waals surface area contributed by atoms with E-state index in [1.165, 1.54) is 7.05 Å². The first-order valence-electron chi connectivity index (χ1n) is 6.95. The number of hydrogen-bond donors (Lipinski definition) is 2. The number of aromatic nitrogens is 2. The van der Waals surface area contributed by atoms with E-state index in [1.807, 2.05) is 0 Å². The number of hydrogen-bond acceptors (Lipinski definition) is 6. The number of carbonyl (C=O) groups is 2. The van der Waals surface area contributed by atoms with Crippen LogP contribution in [0.15, 0.2) is 18.5 Å². The van der Waals surface area contributed by atoms with Crippen molar-refractivity contribution in [3.63, 3.8) is 0 Å². The highest BCUT2D eigenvalue weighted by Gasteiger charge is 2.19. The van der Waals surface area contributed by atoms with Gasteiger partial charge in [0.25, 0.3) is 0 Å². The number of nitrogens with zero attached hydrogens (tertiary/aromatic N) is 4. The van der Waals surface area contributed by atoms with Crippen LogP contribution in [0.25, 0.3) is 0 Å². The SMILES string of the molecule is CNC(=O)NC(=O)CCN1CCN(c2ncccn2)CC1. The summed E-state index contributed by atoms with van der Waals surface area (Å²) in [5.74, 6) is 0.484. The van der Waals surface area contributed by atoms with Gasteiger partial charge in [-0.2, -0.15) is 0 Å². The topological polar surface area (TPSA) is 90.5 Å². The number of imide groups is 1. The van der Waals surface area contributed by atoms with E-state index in [0.717, 1.165) is 32.1 Å². The van der Waals surface area contributed by atoms with Gasteiger partial charge in [-0.3, -0.25) is 15.0 Å². The van der Waals surface area contributed by atoms with E-state index in [9.17, 15) is 9.59 Å². The molecule has 1 aromatic rings. The van der Waals surface area contributed by atoms with Crippen molar-refractivity contribution < 1.29 is 9.59 Å². The molecule has 8 heteroatoms. The summed E-state index contributed by atoms with van der Waals surface area (Å²) in [4.78, 5) is 35.3. The number of rotatable bonds is 4. The Kier molecular flexibility index (Phi) is 5.44. The van der Waals surface area contributed by atoms with Crippen molar-refractivity contribution in [2.24, 2.45) is 0 Å². The molecular weight excluding hydrogens is 272 g/mol. The summed E-state index contributed by atoms with van der Waals surface area (Å²) >= 11 is 0. The van der Waals surface area contributed by atoms with Gasteiger partial charge in [0.15, 0.2) is 0 Å². The Labute approximate surface area is 123 Å². The van der Waals surface area contributed by atoms with Gasteiger partial charge in [0.1, 0.15) is 0 Å². The van der Waals surface area contributed by atoms with Crippen molar-refractivity contribution >= 4 is 17.9 Å². The fourth-order valence-electron chi connectivity index (χ4n) is 2.14. The molecule has 1 aliphatic rings. The molecule has 0 bridgehead atoms. The van der Waals surface area contributed by atoms with Gasteiger partial charge in [0.2, 0.25) is 11.9 Å². The molecule has 0 atom stereocenters.